The van der Waals surface area contributed by atoms with Gasteiger partial charge in [0.2, 0.25) is 0 Å². The van der Waals surface area contributed by atoms with Gasteiger partial charge in [0.15, 0.2) is 0 Å². The van der Waals surface area contributed by atoms with Crippen molar-refractivity contribution in [3.05, 3.63) is 29.6 Å². The Kier molecular flexibility index (Phi) is 2.10. The second kappa shape index (κ2) is 2.88. The van der Waals surface area contributed by atoms with Gasteiger partial charge in [0.1, 0.15) is 5.82 Å². The predicted octanol–water partition coefficient (Wildman–Crippen LogP) is 1.43. The highest BCUT2D eigenvalue weighted by Crippen LogP contribution is 2.17. The molecule has 0 saturated heterocycles. The van der Waals surface area contributed by atoms with Crippen molar-refractivity contribution in [2.45, 2.75) is 13.0 Å². The van der Waals surface area contributed by atoms with E-state index >= 15 is 0 Å². The monoisotopic (exact) mass is 154 g/mol. The molecule has 1 atom stereocenters. The Labute approximate surface area is 65.0 Å². The van der Waals surface area contributed by atoms with Gasteiger partial charge in [-0.15, -0.1) is 0 Å². The first kappa shape index (κ1) is 8.01. The zero-order valence-electron chi connectivity index (χ0n) is 6.34. The van der Waals surface area contributed by atoms with E-state index in [1.165, 1.54) is 12.1 Å². The first-order chi connectivity index (χ1) is 5.11. The SMILES string of the molecule is CC(N)c1cc(N)ccc1F. The fourth-order valence-electron chi connectivity index (χ4n) is 0.911. The van der Waals surface area contributed by atoms with Crippen LogP contribution in [0.15, 0.2) is 18.2 Å². The van der Waals surface area contributed by atoms with Crippen molar-refractivity contribution in [1.29, 1.82) is 0 Å². The molecule has 1 unspecified atom stereocenters. The number of nitrogens with two attached hydrogens (primary N) is 2. The van der Waals surface area contributed by atoms with Crippen LogP contribution in [0.4, 0.5) is 10.1 Å². The minimum absolute atomic E-state index is 0.297. The first-order valence-electron chi connectivity index (χ1n) is 3.42. The number of nitrogen functional groups attached to an aromatic ring is 1. The van der Waals surface area contributed by atoms with E-state index in [1.807, 2.05) is 0 Å². The maximum atomic E-state index is 12.9. The van der Waals surface area contributed by atoms with Crippen LogP contribution in [0.5, 0.6) is 0 Å². The minimum Gasteiger partial charge on any atom is -0.399 e. The molecule has 0 bridgehead atoms. The van der Waals surface area contributed by atoms with E-state index in [-0.39, 0.29) is 11.9 Å². The van der Waals surface area contributed by atoms with Crippen molar-refractivity contribution < 1.29 is 4.39 Å². The molecule has 0 heterocycles. The highest BCUT2D eigenvalue weighted by atomic mass is 19.1. The average molecular weight is 154 g/mol. The molecule has 0 saturated carbocycles. The molecule has 11 heavy (non-hydrogen) atoms. The van der Waals surface area contributed by atoms with Gasteiger partial charge in [0.05, 0.1) is 0 Å². The number of benzene rings is 1. The van der Waals surface area contributed by atoms with Crippen molar-refractivity contribution in [2.75, 3.05) is 5.73 Å². The summed E-state index contributed by atoms with van der Waals surface area (Å²) in [4.78, 5) is 0. The zero-order valence-corrected chi connectivity index (χ0v) is 6.34. The second-order valence-corrected chi connectivity index (χ2v) is 2.57. The maximum Gasteiger partial charge on any atom is 0.128 e. The van der Waals surface area contributed by atoms with E-state index in [0.717, 1.165) is 0 Å². The number of hydrogen-bond donors (Lipinski definition) is 2. The fraction of sp³-hybridized carbons (Fsp3) is 0.250. The van der Waals surface area contributed by atoms with Crippen LogP contribution in [0.1, 0.15) is 18.5 Å². The standard InChI is InChI=1S/C8H11FN2/c1-5(10)7-4-6(11)2-3-8(7)9/h2-5H,10-11H2,1H3. The molecule has 2 nitrogen and oxygen atoms in total. The summed E-state index contributed by atoms with van der Waals surface area (Å²) in [5.74, 6) is -0.297. The molecular weight excluding hydrogens is 143 g/mol. The number of halogens is 1. The van der Waals surface area contributed by atoms with Gasteiger partial charge < -0.3 is 11.5 Å². The first-order valence-corrected chi connectivity index (χ1v) is 3.42. The van der Waals surface area contributed by atoms with Gasteiger partial charge >= 0.3 is 0 Å². The summed E-state index contributed by atoms with van der Waals surface area (Å²) in [7, 11) is 0. The van der Waals surface area contributed by atoms with E-state index < -0.39 is 0 Å². The lowest BCUT2D eigenvalue weighted by atomic mass is 10.1. The average Bonchev–Trinajstić information content (AvgIpc) is 1.94. The molecule has 0 aliphatic carbocycles. The summed E-state index contributed by atoms with van der Waals surface area (Å²) in [6.07, 6.45) is 0. The molecule has 60 valence electrons. The maximum absolute atomic E-state index is 12.9. The van der Waals surface area contributed by atoms with Gasteiger partial charge in [-0.05, 0) is 25.1 Å². The normalized spacial score (nSPS) is 13.0. The van der Waals surface area contributed by atoms with Crippen molar-refractivity contribution in [1.82, 2.24) is 0 Å². The summed E-state index contributed by atoms with van der Waals surface area (Å²) in [6.45, 7) is 1.72. The van der Waals surface area contributed by atoms with E-state index in [1.54, 1.807) is 13.0 Å². The van der Waals surface area contributed by atoms with Gasteiger partial charge in [-0.1, -0.05) is 0 Å². The predicted molar refractivity (Wildman–Crippen MR) is 43.4 cm³/mol. The van der Waals surface area contributed by atoms with Crippen LogP contribution in [0.2, 0.25) is 0 Å². The van der Waals surface area contributed by atoms with Crippen LogP contribution in [-0.4, -0.2) is 0 Å². The molecule has 0 radical (unpaired) electrons. The van der Waals surface area contributed by atoms with Crippen LogP contribution < -0.4 is 11.5 Å². The minimum atomic E-state index is -0.307. The zero-order chi connectivity index (χ0) is 8.43. The molecule has 1 aromatic carbocycles. The lowest BCUT2D eigenvalue weighted by molar-refractivity contribution is 0.594. The van der Waals surface area contributed by atoms with Gasteiger partial charge in [0.25, 0.3) is 0 Å². The third-order valence-electron chi connectivity index (χ3n) is 1.51. The van der Waals surface area contributed by atoms with Crippen molar-refractivity contribution >= 4 is 5.69 Å². The number of anilines is 1. The number of rotatable bonds is 1. The van der Waals surface area contributed by atoms with Gasteiger partial charge in [-0.3, -0.25) is 0 Å². The number of hydrogen-bond acceptors (Lipinski definition) is 2. The van der Waals surface area contributed by atoms with Crippen molar-refractivity contribution in [3.8, 4) is 0 Å². The van der Waals surface area contributed by atoms with Crippen molar-refractivity contribution in [3.63, 3.8) is 0 Å². The molecule has 1 aromatic rings. The van der Waals surface area contributed by atoms with Crippen LogP contribution in [-0.2, 0) is 0 Å². The summed E-state index contributed by atoms with van der Waals surface area (Å²) in [5, 5.41) is 0. The molecule has 0 spiro atoms. The third kappa shape index (κ3) is 1.68. The molecule has 4 N–H and O–H groups in total. The Morgan fingerprint density at radius 2 is 2.09 bits per heavy atom. The van der Waals surface area contributed by atoms with Crippen molar-refractivity contribution in [2.24, 2.45) is 5.73 Å². The summed E-state index contributed by atoms with van der Waals surface area (Å²) in [5.41, 5.74) is 11.9. The topological polar surface area (TPSA) is 52.0 Å². The Balaban J connectivity index is 3.13. The van der Waals surface area contributed by atoms with Crippen LogP contribution in [0, 0.1) is 5.82 Å². The Hall–Kier alpha value is -1.09. The molecule has 0 fully saturated rings. The quantitative estimate of drug-likeness (QED) is 0.601. The van der Waals surface area contributed by atoms with E-state index in [2.05, 4.69) is 0 Å². The molecule has 0 aliphatic heterocycles. The highest BCUT2D eigenvalue weighted by Gasteiger charge is 2.05. The largest absolute Gasteiger partial charge is 0.399 e. The summed E-state index contributed by atoms with van der Waals surface area (Å²) in [6, 6.07) is 4.09. The molecule has 3 heteroatoms. The van der Waals surface area contributed by atoms with E-state index in [0.29, 0.717) is 11.3 Å². The summed E-state index contributed by atoms with van der Waals surface area (Å²) >= 11 is 0. The van der Waals surface area contributed by atoms with Crippen LogP contribution >= 0.6 is 0 Å². The smallest absolute Gasteiger partial charge is 0.128 e. The Morgan fingerprint density at radius 3 is 2.55 bits per heavy atom. The lowest BCUT2D eigenvalue weighted by Gasteiger charge is -2.06. The molecular formula is C8H11FN2. The lowest BCUT2D eigenvalue weighted by Crippen LogP contribution is -2.07. The highest BCUT2D eigenvalue weighted by molar-refractivity contribution is 5.42. The van der Waals surface area contributed by atoms with Gasteiger partial charge in [0, 0.05) is 17.3 Å². The molecule has 0 amide bonds. The molecule has 1 rings (SSSR count). The Bertz CT molecular complexity index is 258. The third-order valence-corrected chi connectivity index (χ3v) is 1.51. The van der Waals surface area contributed by atoms with Crippen LogP contribution in [0.3, 0.4) is 0 Å². The second-order valence-electron chi connectivity index (χ2n) is 2.57. The molecule has 0 aliphatic rings. The fourth-order valence-corrected chi connectivity index (χ4v) is 0.911. The van der Waals surface area contributed by atoms with Gasteiger partial charge in [-0.25, -0.2) is 4.39 Å². The van der Waals surface area contributed by atoms with Crippen LogP contribution in [0.25, 0.3) is 0 Å². The van der Waals surface area contributed by atoms with Gasteiger partial charge in [-0.2, -0.15) is 0 Å². The van der Waals surface area contributed by atoms with E-state index in [9.17, 15) is 4.39 Å². The molecule has 0 aromatic heterocycles. The van der Waals surface area contributed by atoms with E-state index in [4.69, 9.17) is 11.5 Å². The Morgan fingerprint density at radius 1 is 1.45 bits per heavy atom. The summed E-state index contributed by atoms with van der Waals surface area (Å²) < 4.78 is 12.9.